The van der Waals surface area contributed by atoms with E-state index < -0.39 is 0 Å². The van der Waals surface area contributed by atoms with Crippen molar-refractivity contribution in [3.8, 4) is 11.1 Å². The zero-order valence-electron chi connectivity index (χ0n) is 15.5. The van der Waals surface area contributed by atoms with E-state index in [4.69, 9.17) is 8.94 Å². The first kappa shape index (κ1) is 17.8. The van der Waals surface area contributed by atoms with Gasteiger partial charge < -0.3 is 13.8 Å². The van der Waals surface area contributed by atoms with Crippen molar-refractivity contribution in [3.05, 3.63) is 102 Å². The number of rotatable bonds is 6. The lowest BCUT2D eigenvalue weighted by Crippen LogP contribution is -2.30. The molecule has 2 aromatic heterocycles. The van der Waals surface area contributed by atoms with Crippen LogP contribution in [0.3, 0.4) is 0 Å². The van der Waals surface area contributed by atoms with E-state index in [0.717, 1.165) is 16.7 Å². The molecule has 0 unspecified atom stereocenters. The molecule has 4 aromatic rings. The van der Waals surface area contributed by atoms with Crippen LogP contribution in [0.25, 0.3) is 11.1 Å². The lowest BCUT2D eigenvalue weighted by molar-refractivity contribution is 0.0707. The standard InChI is InChI=1S/C23H20N2O3/c1-17-13-22(24-28-17)23(26)25(16-21-11-6-12-27-21)15-18-7-5-10-20(14-18)19-8-3-2-4-9-19/h2-14H,15-16H2,1H3. The third kappa shape index (κ3) is 4.04. The number of hydrogen-bond donors (Lipinski definition) is 0. The molecule has 0 saturated heterocycles. The van der Waals surface area contributed by atoms with E-state index in [1.165, 1.54) is 0 Å². The Balaban J connectivity index is 1.61. The highest BCUT2D eigenvalue weighted by molar-refractivity contribution is 5.92. The van der Waals surface area contributed by atoms with Gasteiger partial charge in [-0.15, -0.1) is 0 Å². The molecule has 0 fully saturated rings. The molecule has 5 nitrogen and oxygen atoms in total. The second-order valence-corrected chi connectivity index (χ2v) is 6.63. The van der Waals surface area contributed by atoms with Crippen molar-refractivity contribution >= 4 is 5.91 Å². The van der Waals surface area contributed by atoms with E-state index in [1.54, 1.807) is 24.2 Å². The molecular weight excluding hydrogens is 352 g/mol. The number of benzene rings is 2. The quantitative estimate of drug-likeness (QED) is 0.473. The van der Waals surface area contributed by atoms with E-state index in [0.29, 0.717) is 30.3 Å². The number of carbonyl (C=O) groups excluding carboxylic acids is 1. The molecule has 0 bridgehead atoms. The van der Waals surface area contributed by atoms with Gasteiger partial charge in [0.1, 0.15) is 11.5 Å². The fourth-order valence-electron chi connectivity index (χ4n) is 3.12. The predicted octanol–water partition coefficient (Wildman–Crippen LogP) is 5.09. The minimum absolute atomic E-state index is 0.196. The normalized spacial score (nSPS) is 10.8. The summed E-state index contributed by atoms with van der Waals surface area (Å²) >= 11 is 0. The Morgan fingerprint density at radius 3 is 2.46 bits per heavy atom. The van der Waals surface area contributed by atoms with Gasteiger partial charge in [0.05, 0.1) is 12.8 Å². The first-order valence-electron chi connectivity index (χ1n) is 9.08. The molecule has 0 radical (unpaired) electrons. The zero-order valence-corrected chi connectivity index (χ0v) is 15.5. The summed E-state index contributed by atoms with van der Waals surface area (Å²) in [6.07, 6.45) is 1.61. The van der Waals surface area contributed by atoms with Gasteiger partial charge in [0, 0.05) is 12.6 Å². The molecule has 4 rings (SSSR count). The van der Waals surface area contributed by atoms with Crippen LogP contribution < -0.4 is 0 Å². The van der Waals surface area contributed by atoms with Crippen LogP contribution in [0.1, 0.15) is 27.6 Å². The summed E-state index contributed by atoms with van der Waals surface area (Å²) in [5, 5.41) is 3.88. The highest BCUT2D eigenvalue weighted by atomic mass is 16.5. The van der Waals surface area contributed by atoms with Crippen molar-refractivity contribution < 1.29 is 13.7 Å². The Kier molecular flexibility index (Phi) is 5.06. The Morgan fingerprint density at radius 1 is 0.929 bits per heavy atom. The largest absolute Gasteiger partial charge is 0.467 e. The number of carbonyl (C=O) groups is 1. The van der Waals surface area contributed by atoms with Crippen molar-refractivity contribution in [1.29, 1.82) is 0 Å². The van der Waals surface area contributed by atoms with Crippen LogP contribution in [-0.2, 0) is 13.1 Å². The number of aryl methyl sites for hydroxylation is 1. The van der Waals surface area contributed by atoms with Gasteiger partial charge in [-0.1, -0.05) is 53.7 Å². The molecule has 0 aliphatic rings. The van der Waals surface area contributed by atoms with Gasteiger partial charge in [-0.25, -0.2) is 0 Å². The molecule has 2 heterocycles. The summed E-state index contributed by atoms with van der Waals surface area (Å²) in [4.78, 5) is 14.7. The van der Waals surface area contributed by atoms with Crippen molar-refractivity contribution in [1.82, 2.24) is 10.1 Å². The van der Waals surface area contributed by atoms with E-state index in [9.17, 15) is 4.79 Å². The van der Waals surface area contributed by atoms with E-state index in [-0.39, 0.29) is 5.91 Å². The maximum absolute atomic E-state index is 13.0. The second-order valence-electron chi connectivity index (χ2n) is 6.63. The Hall–Kier alpha value is -3.60. The van der Waals surface area contributed by atoms with Gasteiger partial charge in [0.15, 0.2) is 5.69 Å². The predicted molar refractivity (Wildman–Crippen MR) is 105 cm³/mol. The van der Waals surface area contributed by atoms with Gasteiger partial charge in [-0.3, -0.25) is 4.79 Å². The maximum atomic E-state index is 13.0. The van der Waals surface area contributed by atoms with E-state index >= 15 is 0 Å². The summed E-state index contributed by atoms with van der Waals surface area (Å²) in [5.74, 6) is 1.12. The van der Waals surface area contributed by atoms with Crippen LogP contribution >= 0.6 is 0 Å². The second kappa shape index (κ2) is 7.96. The molecule has 2 aromatic carbocycles. The molecule has 28 heavy (non-hydrogen) atoms. The molecular formula is C23H20N2O3. The summed E-state index contributed by atoms with van der Waals surface area (Å²) in [7, 11) is 0. The summed E-state index contributed by atoms with van der Waals surface area (Å²) in [5.41, 5.74) is 3.57. The Bertz CT molecular complexity index is 1050. The molecule has 0 N–H and O–H groups in total. The highest BCUT2D eigenvalue weighted by Crippen LogP contribution is 2.22. The molecule has 1 amide bonds. The summed E-state index contributed by atoms with van der Waals surface area (Å²) in [6.45, 7) is 2.56. The monoisotopic (exact) mass is 372 g/mol. The Labute approximate surface area is 163 Å². The fraction of sp³-hybridized carbons (Fsp3) is 0.130. The first-order chi connectivity index (χ1) is 13.7. The number of aromatic nitrogens is 1. The molecule has 0 aliphatic carbocycles. The summed E-state index contributed by atoms with van der Waals surface area (Å²) < 4.78 is 10.5. The lowest BCUT2D eigenvalue weighted by Gasteiger charge is -2.21. The third-order valence-corrected chi connectivity index (χ3v) is 4.47. The van der Waals surface area contributed by atoms with Crippen LogP contribution in [0, 0.1) is 6.92 Å². The average Bonchev–Trinajstić information content (AvgIpc) is 3.40. The number of hydrogen-bond acceptors (Lipinski definition) is 4. The van der Waals surface area contributed by atoms with Gasteiger partial charge in [0.25, 0.3) is 5.91 Å². The van der Waals surface area contributed by atoms with Gasteiger partial charge in [-0.2, -0.15) is 0 Å². The van der Waals surface area contributed by atoms with Gasteiger partial charge >= 0.3 is 0 Å². The highest BCUT2D eigenvalue weighted by Gasteiger charge is 2.21. The molecule has 0 aliphatic heterocycles. The van der Waals surface area contributed by atoms with E-state index in [2.05, 4.69) is 29.4 Å². The minimum Gasteiger partial charge on any atom is -0.467 e. The zero-order chi connectivity index (χ0) is 19.3. The molecule has 5 heteroatoms. The molecule has 0 saturated carbocycles. The van der Waals surface area contributed by atoms with Gasteiger partial charge in [-0.05, 0) is 41.8 Å². The smallest absolute Gasteiger partial charge is 0.276 e. The Morgan fingerprint density at radius 2 is 1.75 bits per heavy atom. The average molecular weight is 372 g/mol. The third-order valence-electron chi connectivity index (χ3n) is 4.47. The molecule has 0 spiro atoms. The number of nitrogens with zero attached hydrogens (tertiary/aromatic N) is 2. The van der Waals surface area contributed by atoms with Crippen molar-refractivity contribution in [3.63, 3.8) is 0 Å². The first-order valence-corrected chi connectivity index (χ1v) is 9.08. The van der Waals surface area contributed by atoms with Crippen molar-refractivity contribution in [2.45, 2.75) is 20.0 Å². The van der Waals surface area contributed by atoms with Crippen molar-refractivity contribution in [2.24, 2.45) is 0 Å². The van der Waals surface area contributed by atoms with Crippen LogP contribution in [0.15, 0.2) is 88.0 Å². The van der Waals surface area contributed by atoms with Crippen LogP contribution in [-0.4, -0.2) is 16.0 Å². The fourth-order valence-corrected chi connectivity index (χ4v) is 3.12. The van der Waals surface area contributed by atoms with Crippen LogP contribution in [0.5, 0.6) is 0 Å². The molecule has 0 atom stereocenters. The molecule has 140 valence electrons. The maximum Gasteiger partial charge on any atom is 0.276 e. The lowest BCUT2D eigenvalue weighted by atomic mass is 10.0. The van der Waals surface area contributed by atoms with Crippen LogP contribution in [0.2, 0.25) is 0 Å². The van der Waals surface area contributed by atoms with Crippen LogP contribution in [0.4, 0.5) is 0 Å². The van der Waals surface area contributed by atoms with E-state index in [1.807, 2.05) is 42.5 Å². The van der Waals surface area contributed by atoms with Gasteiger partial charge in [0.2, 0.25) is 0 Å². The SMILES string of the molecule is Cc1cc(C(=O)N(Cc2cccc(-c3ccccc3)c2)Cc2ccco2)no1. The summed E-state index contributed by atoms with van der Waals surface area (Å²) in [6, 6.07) is 23.7. The number of amides is 1. The van der Waals surface area contributed by atoms with Crippen molar-refractivity contribution in [2.75, 3.05) is 0 Å². The minimum atomic E-state index is -0.196. The number of furan rings is 1. The topological polar surface area (TPSA) is 59.5 Å².